The van der Waals surface area contributed by atoms with E-state index in [1.54, 1.807) is 4.90 Å². The summed E-state index contributed by atoms with van der Waals surface area (Å²) in [6, 6.07) is 19.2. The van der Waals surface area contributed by atoms with Crippen molar-refractivity contribution in [3.05, 3.63) is 71.8 Å². The molecule has 5 nitrogen and oxygen atoms in total. The van der Waals surface area contributed by atoms with E-state index < -0.39 is 0 Å². The molecule has 3 atom stereocenters. The fourth-order valence-electron chi connectivity index (χ4n) is 3.71. The third-order valence-electron chi connectivity index (χ3n) is 5.44. The highest BCUT2D eigenvalue weighted by atomic mass is 16.6. The van der Waals surface area contributed by atoms with E-state index in [-0.39, 0.29) is 36.7 Å². The minimum atomic E-state index is -0.390. The second kappa shape index (κ2) is 10.1. The highest BCUT2D eigenvalue weighted by Crippen LogP contribution is 2.27. The maximum Gasteiger partial charge on any atom is 0.410 e. The minimum Gasteiger partial charge on any atom is -0.460 e. The predicted octanol–water partition coefficient (Wildman–Crippen LogP) is 4.95. The van der Waals surface area contributed by atoms with Gasteiger partial charge in [0.1, 0.15) is 12.7 Å². The fraction of sp³-hybridized carbons (Fsp3) is 0.417. The summed E-state index contributed by atoms with van der Waals surface area (Å²) in [5, 5.41) is 0. The molecule has 0 aliphatic carbocycles. The van der Waals surface area contributed by atoms with Crippen molar-refractivity contribution in [3.8, 4) is 0 Å². The fourth-order valence-corrected chi connectivity index (χ4v) is 3.71. The monoisotopic (exact) mass is 395 g/mol. The molecule has 2 aromatic carbocycles. The molecule has 0 N–H and O–H groups in total. The van der Waals surface area contributed by atoms with Gasteiger partial charge < -0.3 is 9.47 Å². The number of ether oxygens (including phenoxy) is 2. The van der Waals surface area contributed by atoms with Gasteiger partial charge in [0.05, 0.1) is 12.0 Å². The molecule has 1 unspecified atom stereocenters. The molecular weight excluding hydrogens is 366 g/mol. The molecule has 1 saturated heterocycles. The summed E-state index contributed by atoms with van der Waals surface area (Å²) in [4.78, 5) is 26.9. The van der Waals surface area contributed by atoms with Crippen molar-refractivity contribution in [2.75, 3.05) is 0 Å². The number of carbonyl (C=O) groups is 2. The normalized spacial score (nSPS) is 19.9. The molecule has 5 heteroatoms. The second-order valence-electron chi connectivity index (χ2n) is 7.58. The first-order valence-electron chi connectivity index (χ1n) is 10.3. The SMILES string of the molecule is CC[C@H]([C@@H]1CCC(C)C(=O)O1)N(Cc1ccccc1)C(=O)OCc1ccccc1. The largest absolute Gasteiger partial charge is 0.460 e. The van der Waals surface area contributed by atoms with Crippen LogP contribution in [0.2, 0.25) is 0 Å². The number of cyclic esters (lactones) is 1. The molecular formula is C24H29NO4. The quantitative estimate of drug-likeness (QED) is 0.623. The molecule has 1 aliphatic heterocycles. The standard InChI is InChI=1S/C24H29NO4/c1-3-21(22-15-14-18(2)23(26)29-22)25(16-19-10-6-4-7-11-19)24(27)28-17-20-12-8-5-9-13-20/h4-13,18,21-22H,3,14-17H2,1-2H3/t18?,21-,22+/m1/s1. The molecule has 1 heterocycles. The minimum absolute atomic E-state index is 0.0867. The van der Waals surface area contributed by atoms with Gasteiger partial charge in [0.25, 0.3) is 0 Å². The number of benzene rings is 2. The number of amides is 1. The Bertz CT molecular complexity index is 793. The van der Waals surface area contributed by atoms with Gasteiger partial charge >= 0.3 is 12.1 Å². The van der Waals surface area contributed by atoms with Crippen LogP contribution < -0.4 is 0 Å². The Morgan fingerprint density at radius 3 is 2.28 bits per heavy atom. The molecule has 0 aromatic heterocycles. The Labute approximate surface area is 172 Å². The summed E-state index contributed by atoms with van der Waals surface area (Å²) in [7, 11) is 0. The van der Waals surface area contributed by atoms with E-state index in [2.05, 4.69) is 0 Å². The van der Waals surface area contributed by atoms with Crippen LogP contribution >= 0.6 is 0 Å². The Balaban J connectivity index is 1.77. The molecule has 3 rings (SSSR count). The third-order valence-corrected chi connectivity index (χ3v) is 5.44. The summed E-state index contributed by atoms with van der Waals surface area (Å²) >= 11 is 0. The average molecular weight is 395 g/mol. The zero-order chi connectivity index (χ0) is 20.6. The Morgan fingerprint density at radius 2 is 1.69 bits per heavy atom. The van der Waals surface area contributed by atoms with Gasteiger partial charge in [-0.1, -0.05) is 74.5 Å². The number of esters is 1. The van der Waals surface area contributed by atoms with Crippen LogP contribution in [0.25, 0.3) is 0 Å². The molecule has 0 saturated carbocycles. The van der Waals surface area contributed by atoms with Crippen molar-refractivity contribution in [3.63, 3.8) is 0 Å². The lowest BCUT2D eigenvalue weighted by molar-refractivity contribution is -0.164. The summed E-state index contributed by atoms with van der Waals surface area (Å²) in [5.41, 5.74) is 1.95. The summed E-state index contributed by atoms with van der Waals surface area (Å²) in [6.07, 6.45) is 1.51. The topological polar surface area (TPSA) is 55.8 Å². The zero-order valence-electron chi connectivity index (χ0n) is 17.1. The lowest BCUT2D eigenvalue weighted by Crippen LogP contribution is -2.50. The van der Waals surface area contributed by atoms with Crippen LogP contribution in [-0.4, -0.2) is 29.1 Å². The summed E-state index contributed by atoms with van der Waals surface area (Å²) in [5.74, 6) is -0.270. The molecule has 2 aromatic rings. The number of rotatable bonds is 7. The number of hydrogen-bond donors (Lipinski definition) is 0. The van der Waals surface area contributed by atoms with Crippen molar-refractivity contribution in [2.24, 2.45) is 5.92 Å². The molecule has 0 radical (unpaired) electrons. The highest BCUT2D eigenvalue weighted by molar-refractivity contribution is 5.73. The molecule has 0 spiro atoms. The van der Waals surface area contributed by atoms with E-state index in [1.165, 1.54) is 0 Å². The van der Waals surface area contributed by atoms with Crippen molar-refractivity contribution < 1.29 is 19.1 Å². The smallest absolute Gasteiger partial charge is 0.410 e. The maximum absolute atomic E-state index is 13.1. The first-order chi connectivity index (χ1) is 14.1. The second-order valence-corrected chi connectivity index (χ2v) is 7.58. The van der Waals surface area contributed by atoms with E-state index >= 15 is 0 Å². The third kappa shape index (κ3) is 5.59. The zero-order valence-corrected chi connectivity index (χ0v) is 17.1. The van der Waals surface area contributed by atoms with Crippen LogP contribution in [0.3, 0.4) is 0 Å². The lowest BCUT2D eigenvalue weighted by Gasteiger charge is -2.38. The molecule has 1 amide bonds. The molecule has 154 valence electrons. The number of nitrogens with zero attached hydrogens (tertiary/aromatic N) is 1. The molecule has 1 aliphatic rings. The van der Waals surface area contributed by atoms with E-state index in [0.29, 0.717) is 13.0 Å². The van der Waals surface area contributed by atoms with Gasteiger partial charge in [-0.05, 0) is 30.4 Å². The van der Waals surface area contributed by atoms with Crippen molar-refractivity contribution in [2.45, 2.75) is 58.4 Å². The number of hydrogen-bond acceptors (Lipinski definition) is 4. The molecule has 29 heavy (non-hydrogen) atoms. The predicted molar refractivity (Wildman–Crippen MR) is 111 cm³/mol. The van der Waals surface area contributed by atoms with E-state index in [0.717, 1.165) is 24.0 Å². The van der Waals surface area contributed by atoms with Crippen LogP contribution in [0.15, 0.2) is 60.7 Å². The Kier molecular flexibility index (Phi) is 7.28. The first kappa shape index (κ1) is 20.9. The average Bonchev–Trinajstić information content (AvgIpc) is 2.75. The van der Waals surface area contributed by atoms with Crippen LogP contribution in [0.4, 0.5) is 4.79 Å². The van der Waals surface area contributed by atoms with Crippen LogP contribution in [0.1, 0.15) is 44.2 Å². The van der Waals surface area contributed by atoms with Crippen LogP contribution in [0, 0.1) is 5.92 Å². The van der Waals surface area contributed by atoms with E-state index in [1.807, 2.05) is 74.5 Å². The Morgan fingerprint density at radius 1 is 1.07 bits per heavy atom. The molecule has 1 fully saturated rings. The van der Waals surface area contributed by atoms with Gasteiger partial charge in [-0.25, -0.2) is 4.79 Å². The summed E-state index contributed by atoms with van der Waals surface area (Å²) < 4.78 is 11.3. The van der Waals surface area contributed by atoms with Crippen LogP contribution in [-0.2, 0) is 27.4 Å². The van der Waals surface area contributed by atoms with Gasteiger partial charge in [0.15, 0.2) is 0 Å². The van der Waals surface area contributed by atoms with Crippen molar-refractivity contribution in [1.29, 1.82) is 0 Å². The number of carbonyl (C=O) groups excluding carboxylic acids is 2. The Hall–Kier alpha value is -2.82. The van der Waals surface area contributed by atoms with E-state index in [4.69, 9.17) is 9.47 Å². The maximum atomic E-state index is 13.1. The van der Waals surface area contributed by atoms with Gasteiger partial charge in [-0.2, -0.15) is 0 Å². The highest BCUT2D eigenvalue weighted by Gasteiger charge is 2.37. The summed E-state index contributed by atoms with van der Waals surface area (Å²) in [6.45, 7) is 4.52. The van der Waals surface area contributed by atoms with Gasteiger partial charge in [0.2, 0.25) is 0 Å². The van der Waals surface area contributed by atoms with Gasteiger partial charge in [-0.15, -0.1) is 0 Å². The first-order valence-corrected chi connectivity index (χ1v) is 10.3. The van der Waals surface area contributed by atoms with Gasteiger partial charge in [-0.3, -0.25) is 9.69 Å². The van der Waals surface area contributed by atoms with Crippen molar-refractivity contribution in [1.82, 2.24) is 4.90 Å². The van der Waals surface area contributed by atoms with Gasteiger partial charge in [0, 0.05) is 6.54 Å². The molecule has 0 bridgehead atoms. The van der Waals surface area contributed by atoms with Crippen molar-refractivity contribution >= 4 is 12.1 Å². The van der Waals surface area contributed by atoms with Crippen LogP contribution in [0.5, 0.6) is 0 Å². The lowest BCUT2D eigenvalue weighted by atomic mass is 9.93. The van der Waals surface area contributed by atoms with E-state index in [9.17, 15) is 9.59 Å².